The second kappa shape index (κ2) is 4.56. The maximum atomic E-state index is 11.9. The molecule has 0 spiro atoms. The van der Waals surface area contributed by atoms with E-state index < -0.39 is 18.6 Å². The van der Waals surface area contributed by atoms with Crippen molar-refractivity contribution in [2.24, 2.45) is 11.7 Å². The molecule has 0 aromatic carbocycles. The van der Waals surface area contributed by atoms with Gasteiger partial charge in [0.1, 0.15) is 0 Å². The zero-order chi connectivity index (χ0) is 8.91. The number of rotatable bonds is 4. The summed E-state index contributed by atoms with van der Waals surface area (Å²) in [6.07, 6.45) is -4.15. The van der Waals surface area contributed by atoms with E-state index in [1.807, 2.05) is 0 Å². The van der Waals surface area contributed by atoms with Gasteiger partial charge in [0.25, 0.3) is 0 Å². The minimum absolute atomic E-state index is 0.0868. The van der Waals surface area contributed by atoms with Gasteiger partial charge in [-0.15, -0.1) is 0 Å². The van der Waals surface area contributed by atoms with Crippen LogP contribution in [0.3, 0.4) is 0 Å². The molecule has 0 heterocycles. The number of nitrogens with two attached hydrogens (primary N) is 1. The monoisotopic (exact) mass is 171 g/mol. The minimum Gasteiger partial charge on any atom is -0.396 e. The average Bonchev–Trinajstić information content (AvgIpc) is 1.87. The van der Waals surface area contributed by atoms with E-state index in [1.165, 1.54) is 0 Å². The van der Waals surface area contributed by atoms with Crippen LogP contribution in [0.4, 0.5) is 13.2 Å². The summed E-state index contributed by atoms with van der Waals surface area (Å²) in [5.74, 6) is -1.46. The van der Waals surface area contributed by atoms with Gasteiger partial charge in [-0.3, -0.25) is 0 Å². The molecule has 0 bridgehead atoms. The maximum absolute atomic E-state index is 11.9. The Morgan fingerprint density at radius 3 is 2.18 bits per heavy atom. The van der Waals surface area contributed by atoms with Crippen LogP contribution in [-0.2, 0) is 0 Å². The number of hydrogen-bond donors (Lipinski definition) is 2. The van der Waals surface area contributed by atoms with Crippen LogP contribution in [0, 0.1) is 5.92 Å². The predicted molar refractivity (Wildman–Crippen MR) is 34.9 cm³/mol. The molecule has 0 aliphatic rings. The lowest BCUT2D eigenvalue weighted by Crippen LogP contribution is -2.30. The van der Waals surface area contributed by atoms with Gasteiger partial charge < -0.3 is 10.8 Å². The van der Waals surface area contributed by atoms with Gasteiger partial charge in [0.05, 0.1) is 5.92 Å². The Hall–Kier alpha value is -0.290. The van der Waals surface area contributed by atoms with Crippen molar-refractivity contribution < 1.29 is 18.3 Å². The predicted octanol–water partition coefficient (Wildman–Crippen LogP) is 0.896. The first-order valence-electron chi connectivity index (χ1n) is 3.40. The van der Waals surface area contributed by atoms with Crippen LogP contribution in [0.25, 0.3) is 0 Å². The summed E-state index contributed by atoms with van der Waals surface area (Å²) in [6.45, 7) is -0.615. The second-order valence-corrected chi connectivity index (χ2v) is 2.34. The largest absolute Gasteiger partial charge is 0.396 e. The van der Waals surface area contributed by atoms with E-state index in [0.717, 1.165) is 0 Å². The summed E-state index contributed by atoms with van der Waals surface area (Å²) in [6, 6.07) is 0. The van der Waals surface area contributed by atoms with E-state index in [1.54, 1.807) is 0 Å². The molecule has 68 valence electrons. The highest BCUT2D eigenvalue weighted by molar-refractivity contribution is 4.67. The summed E-state index contributed by atoms with van der Waals surface area (Å²) in [4.78, 5) is 0. The zero-order valence-electron chi connectivity index (χ0n) is 6.06. The molecule has 1 unspecified atom stereocenters. The van der Waals surface area contributed by atoms with E-state index >= 15 is 0 Å². The Labute approximate surface area is 63.2 Å². The van der Waals surface area contributed by atoms with Crippen molar-refractivity contribution in [1.82, 2.24) is 0 Å². The molecule has 0 radical (unpaired) electrons. The smallest absolute Gasteiger partial charge is 0.393 e. The van der Waals surface area contributed by atoms with Crippen LogP contribution in [0.15, 0.2) is 0 Å². The quantitative estimate of drug-likeness (QED) is 0.660. The normalized spacial score (nSPS) is 15.0. The Balaban J connectivity index is 3.76. The van der Waals surface area contributed by atoms with Crippen LogP contribution in [0.5, 0.6) is 0 Å². The van der Waals surface area contributed by atoms with Crippen molar-refractivity contribution in [3.05, 3.63) is 0 Å². The van der Waals surface area contributed by atoms with Gasteiger partial charge in [0, 0.05) is 13.2 Å². The molecule has 0 saturated heterocycles. The van der Waals surface area contributed by atoms with Crippen molar-refractivity contribution in [2.45, 2.75) is 19.0 Å². The van der Waals surface area contributed by atoms with E-state index in [2.05, 4.69) is 0 Å². The minimum atomic E-state index is -4.22. The summed E-state index contributed by atoms with van der Waals surface area (Å²) in [7, 11) is 0. The highest BCUT2D eigenvalue weighted by atomic mass is 19.4. The van der Waals surface area contributed by atoms with Crippen LogP contribution >= 0.6 is 0 Å². The van der Waals surface area contributed by atoms with E-state index in [9.17, 15) is 13.2 Å². The topological polar surface area (TPSA) is 46.2 Å². The lowest BCUT2D eigenvalue weighted by Gasteiger charge is -2.17. The molecule has 0 saturated carbocycles. The van der Waals surface area contributed by atoms with Crippen molar-refractivity contribution in [2.75, 3.05) is 13.2 Å². The number of aliphatic hydroxyl groups excluding tert-OH is 1. The summed E-state index contributed by atoms with van der Waals surface area (Å²) in [5, 5.41) is 8.27. The Morgan fingerprint density at radius 1 is 1.36 bits per heavy atom. The molecule has 1 atom stereocenters. The molecule has 0 aromatic heterocycles. The average molecular weight is 171 g/mol. The Morgan fingerprint density at radius 2 is 1.91 bits per heavy atom. The zero-order valence-corrected chi connectivity index (χ0v) is 6.06. The fourth-order valence-electron chi connectivity index (χ4n) is 0.753. The van der Waals surface area contributed by atoms with Gasteiger partial charge in [-0.1, -0.05) is 0 Å². The molecule has 3 N–H and O–H groups in total. The first-order valence-corrected chi connectivity index (χ1v) is 3.40. The van der Waals surface area contributed by atoms with Crippen LogP contribution in [0.1, 0.15) is 12.8 Å². The number of hydrogen-bond acceptors (Lipinski definition) is 2. The first kappa shape index (κ1) is 10.7. The van der Waals surface area contributed by atoms with Gasteiger partial charge in [-0.2, -0.15) is 13.2 Å². The number of aliphatic hydroxyl groups is 1. The maximum Gasteiger partial charge on any atom is 0.393 e. The summed E-state index contributed by atoms with van der Waals surface area (Å²) >= 11 is 0. The van der Waals surface area contributed by atoms with E-state index in [0.29, 0.717) is 0 Å². The molecule has 0 aliphatic heterocycles. The molecular weight excluding hydrogens is 159 g/mol. The van der Waals surface area contributed by atoms with Crippen molar-refractivity contribution >= 4 is 0 Å². The van der Waals surface area contributed by atoms with Gasteiger partial charge >= 0.3 is 6.18 Å². The van der Waals surface area contributed by atoms with Crippen LogP contribution in [0.2, 0.25) is 0 Å². The number of halogens is 3. The number of alkyl halides is 3. The van der Waals surface area contributed by atoms with E-state index in [4.69, 9.17) is 10.8 Å². The standard InChI is InChI=1S/C6H12F3NO/c7-6(8,9)5(4-10)2-1-3-11/h5,11H,1-4,10H2. The van der Waals surface area contributed by atoms with Crippen molar-refractivity contribution in [1.29, 1.82) is 0 Å². The molecule has 0 aliphatic carbocycles. The van der Waals surface area contributed by atoms with Gasteiger partial charge in [0.15, 0.2) is 0 Å². The molecule has 2 nitrogen and oxygen atoms in total. The molecule has 0 aromatic rings. The second-order valence-electron chi connectivity index (χ2n) is 2.34. The van der Waals surface area contributed by atoms with Crippen molar-refractivity contribution in [3.8, 4) is 0 Å². The van der Waals surface area contributed by atoms with Gasteiger partial charge in [0.2, 0.25) is 0 Å². The molecule has 0 amide bonds. The van der Waals surface area contributed by atoms with Gasteiger partial charge in [-0.25, -0.2) is 0 Å². The fourth-order valence-corrected chi connectivity index (χ4v) is 0.753. The molecule has 0 rings (SSSR count). The third kappa shape index (κ3) is 4.21. The lowest BCUT2D eigenvalue weighted by molar-refractivity contribution is -0.173. The fraction of sp³-hybridized carbons (Fsp3) is 1.00. The Bertz CT molecular complexity index is 104. The molecule has 0 fully saturated rings. The summed E-state index contributed by atoms with van der Waals surface area (Å²) < 4.78 is 35.6. The first-order chi connectivity index (χ1) is 5.02. The third-order valence-electron chi connectivity index (χ3n) is 1.46. The molecule has 11 heavy (non-hydrogen) atoms. The van der Waals surface area contributed by atoms with Crippen LogP contribution in [-0.4, -0.2) is 24.4 Å². The van der Waals surface area contributed by atoms with E-state index in [-0.39, 0.29) is 19.4 Å². The SMILES string of the molecule is NCC(CCCO)C(F)(F)F. The molecular formula is C6H12F3NO. The Kier molecular flexibility index (Phi) is 4.44. The molecule has 5 heteroatoms. The lowest BCUT2D eigenvalue weighted by atomic mass is 10.0. The van der Waals surface area contributed by atoms with Crippen LogP contribution < -0.4 is 5.73 Å². The highest BCUT2D eigenvalue weighted by Gasteiger charge is 2.37. The van der Waals surface area contributed by atoms with Crippen molar-refractivity contribution in [3.63, 3.8) is 0 Å². The summed E-state index contributed by atoms with van der Waals surface area (Å²) in [5.41, 5.74) is 4.90. The third-order valence-corrected chi connectivity index (χ3v) is 1.46. The van der Waals surface area contributed by atoms with Gasteiger partial charge in [-0.05, 0) is 12.8 Å². The highest BCUT2D eigenvalue weighted by Crippen LogP contribution is 2.28.